The van der Waals surface area contributed by atoms with Gasteiger partial charge in [0.05, 0.1) is 12.5 Å². The Kier molecular flexibility index (Phi) is 5.68. The summed E-state index contributed by atoms with van der Waals surface area (Å²) in [6.07, 6.45) is 3.10. The molecule has 2 aromatic rings. The van der Waals surface area contributed by atoms with Crippen molar-refractivity contribution in [1.29, 1.82) is 0 Å². The zero-order valence-electron chi connectivity index (χ0n) is 14.9. The molecule has 134 valence electrons. The van der Waals surface area contributed by atoms with Gasteiger partial charge < -0.3 is 14.2 Å². The monoisotopic (exact) mass is 343 g/mol. The predicted molar refractivity (Wildman–Crippen MR) is 93.5 cm³/mol. The van der Waals surface area contributed by atoms with Gasteiger partial charge in [0.1, 0.15) is 5.75 Å². The molecule has 0 aliphatic carbocycles. The number of likely N-dealkylation sites (tertiary alicyclic amines) is 1. The highest BCUT2D eigenvalue weighted by Gasteiger charge is 2.27. The van der Waals surface area contributed by atoms with Gasteiger partial charge in [-0.25, -0.2) is 0 Å². The number of hydrogen-bond donors (Lipinski definition) is 0. The number of ether oxygens (including phenoxy) is 1. The maximum atomic E-state index is 11.9. The maximum absolute atomic E-state index is 11.9. The van der Waals surface area contributed by atoms with Crippen molar-refractivity contribution in [3.05, 3.63) is 41.5 Å². The van der Waals surface area contributed by atoms with E-state index in [-0.39, 0.29) is 11.8 Å². The minimum atomic E-state index is 0.142. The number of hydrogen-bond acceptors (Lipinski definition) is 5. The molecule has 6 heteroatoms. The Morgan fingerprint density at radius 2 is 2.32 bits per heavy atom. The molecule has 6 nitrogen and oxygen atoms in total. The number of benzene rings is 1. The molecule has 1 aliphatic rings. The minimum absolute atomic E-state index is 0.142. The van der Waals surface area contributed by atoms with Crippen LogP contribution in [0.5, 0.6) is 5.75 Å². The number of carbonyl (C=O) groups excluding carboxylic acids is 1. The summed E-state index contributed by atoms with van der Waals surface area (Å²) in [7, 11) is 0. The lowest BCUT2D eigenvalue weighted by molar-refractivity contribution is -0.132. The van der Waals surface area contributed by atoms with Gasteiger partial charge >= 0.3 is 0 Å². The fourth-order valence-electron chi connectivity index (χ4n) is 3.13. The Morgan fingerprint density at radius 3 is 3.12 bits per heavy atom. The maximum Gasteiger partial charge on any atom is 0.231 e. The van der Waals surface area contributed by atoms with Crippen molar-refractivity contribution in [3.63, 3.8) is 0 Å². The summed E-state index contributed by atoms with van der Waals surface area (Å²) in [6.45, 7) is 5.94. The molecule has 0 bridgehead atoms. The van der Waals surface area contributed by atoms with Gasteiger partial charge in [-0.05, 0) is 37.5 Å². The second-order valence-electron chi connectivity index (χ2n) is 6.50. The number of amides is 1. The molecular formula is C19H25N3O3. The summed E-state index contributed by atoms with van der Waals surface area (Å²) in [5, 5.41) is 4.06. The van der Waals surface area contributed by atoms with E-state index in [1.165, 1.54) is 5.56 Å². The van der Waals surface area contributed by atoms with Gasteiger partial charge in [-0.3, -0.25) is 4.79 Å². The standard InChI is InChI=1S/C19H25N3O3/c1-3-18(23)22-10-5-7-15(13-22)19-20-17(21-25-19)9-11-24-16-8-4-6-14(2)12-16/h4,6,8,12,15H,3,5,7,9-11,13H2,1-2H3. The van der Waals surface area contributed by atoms with Crippen LogP contribution in [-0.4, -0.2) is 40.6 Å². The summed E-state index contributed by atoms with van der Waals surface area (Å²) < 4.78 is 11.2. The first-order valence-electron chi connectivity index (χ1n) is 8.95. The first-order chi connectivity index (χ1) is 12.2. The van der Waals surface area contributed by atoms with Gasteiger partial charge in [-0.2, -0.15) is 4.98 Å². The van der Waals surface area contributed by atoms with Crippen molar-refractivity contribution in [3.8, 4) is 5.75 Å². The van der Waals surface area contributed by atoms with E-state index in [2.05, 4.69) is 10.1 Å². The van der Waals surface area contributed by atoms with E-state index in [0.29, 0.717) is 37.7 Å². The van der Waals surface area contributed by atoms with Gasteiger partial charge in [0.2, 0.25) is 11.8 Å². The van der Waals surface area contributed by atoms with E-state index in [4.69, 9.17) is 9.26 Å². The summed E-state index contributed by atoms with van der Waals surface area (Å²) >= 11 is 0. The number of aryl methyl sites for hydroxylation is 1. The minimum Gasteiger partial charge on any atom is -0.493 e. The molecule has 25 heavy (non-hydrogen) atoms. The van der Waals surface area contributed by atoms with Crippen LogP contribution in [0, 0.1) is 6.92 Å². The van der Waals surface area contributed by atoms with Crippen molar-refractivity contribution >= 4 is 5.91 Å². The van der Waals surface area contributed by atoms with Crippen LogP contribution in [-0.2, 0) is 11.2 Å². The van der Waals surface area contributed by atoms with Gasteiger partial charge in [0, 0.05) is 25.9 Å². The molecule has 3 rings (SSSR count). The van der Waals surface area contributed by atoms with Crippen LogP contribution in [0.4, 0.5) is 0 Å². The third kappa shape index (κ3) is 4.59. The fraction of sp³-hybridized carbons (Fsp3) is 0.526. The smallest absolute Gasteiger partial charge is 0.231 e. The Hall–Kier alpha value is -2.37. The van der Waals surface area contributed by atoms with Gasteiger partial charge in [-0.15, -0.1) is 0 Å². The molecule has 1 amide bonds. The Labute approximate surface area is 148 Å². The number of nitrogens with zero attached hydrogens (tertiary/aromatic N) is 3. The summed E-state index contributed by atoms with van der Waals surface area (Å²) in [5.41, 5.74) is 1.17. The highest BCUT2D eigenvalue weighted by Crippen LogP contribution is 2.26. The van der Waals surface area contributed by atoms with E-state index >= 15 is 0 Å². The normalized spacial score (nSPS) is 17.5. The third-order valence-electron chi connectivity index (χ3n) is 4.49. The lowest BCUT2D eigenvalue weighted by Crippen LogP contribution is -2.38. The molecule has 1 fully saturated rings. The Balaban J connectivity index is 1.52. The molecule has 0 spiro atoms. The van der Waals surface area contributed by atoms with Crippen LogP contribution < -0.4 is 4.74 Å². The van der Waals surface area contributed by atoms with Crippen LogP contribution in [0.2, 0.25) is 0 Å². The van der Waals surface area contributed by atoms with Gasteiger partial charge in [-0.1, -0.05) is 24.2 Å². The molecule has 2 heterocycles. The zero-order valence-corrected chi connectivity index (χ0v) is 14.9. The van der Waals surface area contributed by atoms with Crippen LogP contribution in [0.1, 0.15) is 49.4 Å². The molecule has 1 atom stereocenters. The lowest BCUT2D eigenvalue weighted by Gasteiger charge is -2.30. The third-order valence-corrected chi connectivity index (χ3v) is 4.49. The first-order valence-corrected chi connectivity index (χ1v) is 8.95. The molecule has 1 aliphatic heterocycles. The van der Waals surface area contributed by atoms with Crippen molar-refractivity contribution in [2.45, 2.75) is 45.4 Å². The second-order valence-corrected chi connectivity index (χ2v) is 6.50. The van der Waals surface area contributed by atoms with Crippen LogP contribution in [0.25, 0.3) is 0 Å². The van der Waals surface area contributed by atoms with Crippen LogP contribution >= 0.6 is 0 Å². The average Bonchev–Trinajstić information content (AvgIpc) is 3.10. The quantitative estimate of drug-likeness (QED) is 0.806. The average molecular weight is 343 g/mol. The van der Waals surface area contributed by atoms with Gasteiger partial charge in [0.25, 0.3) is 0 Å². The number of rotatable bonds is 6. The molecule has 0 saturated carbocycles. The molecule has 1 aromatic carbocycles. The van der Waals surface area contributed by atoms with Crippen LogP contribution in [0.15, 0.2) is 28.8 Å². The van der Waals surface area contributed by atoms with E-state index in [1.54, 1.807) is 0 Å². The number of piperidine rings is 1. The Morgan fingerprint density at radius 1 is 1.44 bits per heavy atom. The lowest BCUT2D eigenvalue weighted by atomic mass is 9.98. The zero-order chi connectivity index (χ0) is 17.6. The summed E-state index contributed by atoms with van der Waals surface area (Å²) in [4.78, 5) is 18.3. The van der Waals surface area contributed by atoms with E-state index in [0.717, 1.165) is 25.1 Å². The highest BCUT2D eigenvalue weighted by molar-refractivity contribution is 5.75. The molecule has 1 unspecified atom stereocenters. The molecule has 1 saturated heterocycles. The molecule has 0 radical (unpaired) electrons. The van der Waals surface area contributed by atoms with E-state index in [1.807, 2.05) is 43.0 Å². The SMILES string of the molecule is CCC(=O)N1CCCC(c2nc(CCOc3cccc(C)c3)no2)C1. The van der Waals surface area contributed by atoms with E-state index < -0.39 is 0 Å². The molecular weight excluding hydrogens is 318 g/mol. The number of carbonyl (C=O) groups is 1. The van der Waals surface area contributed by atoms with Gasteiger partial charge in [0.15, 0.2) is 5.82 Å². The molecule has 1 aromatic heterocycles. The first kappa shape index (κ1) is 17.5. The second kappa shape index (κ2) is 8.14. The summed E-state index contributed by atoms with van der Waals surface area (Å²) in [5.74, 6) is 2.48. The van der Waals surface area contributed by atoms with Crippen molar-refractivity contribution in [2.75, 3.05) is 19.7 Å². The predicted octanol–water partition coefficient (Wildman–Crippen LogP) is 3.12. The Bertz CT molecular complexity index is 713. The van der Waals surface area contributed by atoms with Crippen molar-refractivity contribution < 1.29 is 14.1 Å². The van der Waals surface area contributed by atoms with E-state index in [9.17, 15) is 4.79 Å². The largest absolute Gasteiger partial charge is 0.493 e. The number of aromatic nitrogens is 2. The molecule has 0 N–H and O–H groups in total. The fourth-order valence-corrected chi connectivity index (χ4v) is 3.13. The summed E-state index contributed by atoms with van der Waals surface area (Å²) in [6, 6.07) is 7.96. The van der Waals surface area contributed by atoms with Crippen molar-refractivity contribution in [1.82, 2.24) is 15.0 Å². The highest BCUT2D eigenvalue weighted by atomic mass is 16.5. The topological polar surface area (TPSA) is 68.5 Å². The van der Waals surface area contributed by atoms with Crippen LogP contribution in [0.3, 0.4) is 0 Å². The van der Waals surface area contributed by atoms with Crippen molar-refractivity contribution in [2.24, 2.45) is 0 Å².